The van der Waals surface area contributed by atoms with E-state index in [1.807, 2.05) is 18.2 Å². The largest absolute Gasteiger partial charge is 0.504 e. The molecule has 0 radical (unpaired) electrons. The Morgan fingerprint density at radius 1 is 1.11 bits per heavy atom. The molecule has 0 bridgehead atoms. The van der Waals surface area contributed by atoms with Gasteiger partial charge >= 0.3 is 0 Å². The van der Waals surface area contributed by atoms with E-state index in [1.165, 1.54) is 12.7 Å². The van der Waals surface area contributed by atoms with Crippen LogP contribution in [0.2, 0.25) is 0 Å². The minimum atomic E-state index is 0.0917. The van der Waals surface area contributed by atoms with Gasteiger partial charge < -0.3 is 20.1 Å². The van der Waals surface area contributed by atoms with Crippen LogP contribution in [0, 0.1) is 0 Å². The van der Waals surface area contributed by atoms with Crippen LogP contribution in [-0.4, -0.2) is 27.2 Å². The highest BCUT2D eigenvalue weighted by molar-refractivity contribution is 5.90. The number of aryl methyl sites for hydroxylation is 1. The molecule has 0 saturated carbocycles. The summed E-state index contributed by atoms with van der Waals surface area (Å²) in [4.78, 5) is 12.3. The van der Waals surface area contributed by atoms with Crippen LogP contribution in [0.4, 0.5) is 11.4 Å². The first kappa shape index (κ1) is 16.9. The average molecular weight is 360 g/mol. The first-order valence-corrected chi connectivity index (χ1v) is 8.76. The smallest absolute Gasteiger partial charge is 0.180 e. The summed E-state index contributed by atoms with van der Waals surface area (Å²) in [5, 5.41) is 13.3. The van der Waals surface area contributed by atoms with Crippen LogP contribution in [0.1, 0.15) is 12.5 Å². The van der Waals surface area contributed by atoms with Crippen molar-refractivity contribution < 1.29 is 9.84 Å². The topological polar surface area (TPSA) is 83.1 Å². The van der Waals surface area contributed by atoms with Crippen molar-refractivity contribution >= 4 is 22.5 Å². The van der Waals surface area contributed by atoms with E-state index in [4.69, 9.17) is 4.74 Å². The average Bonchev–Trinajstić information content (AvgIpc) is 3.14. The van der Waals surface area contributed by atoms with Crippen molar-refractivity contribution in [2.75, 3.05) is 12.4 Å². The minimum absolute atomic E-state index is 0.0917. The minimum Gasteiger partial charge on any atom is -0.504 e. The molecule has 2 aromatic heterocycles. The van der Waals surface area contributed by atoms with Gasteiger partial charge in [-0.15, -0.1) is 0 Å². The molecule has 2 heterocycles. The summed E-state index contributed by atoms with van der Waals surface area (Å²) in [5.41, 5.74) is 5.47. The summed E-state index contributed by atoms with van der Waals surface area (Å²) in [6, 6.07) is 15.3. The summed E-state index contributed by atoms with van der Waals surface area (Å²) in [6.07, 6.45) is 2.68. The zero-order valence-electron chi connectivity index (χ0n) is 15.2. The zero-order valence-corrected chi connectivity index (χ0v) is 15.2. The number of anilines is 2. The van der Waals surface area contributed by atoms with Crippen LogP contribution in [0.5, 0.6) is 11.5 Å². The summed E-state index contributed by atoms with van der Waals surface area (Å²) in [5.74, 6) is 1.15. The second-order valence-corrected chi connectivity index (χ2v) is 6.16. The molecular weight excluding hydrogens is 340 g/mol. The number of phenolic OH excluding ortho intramolecular Hbond substituents is 1. The van der Waals surface area contributed by atoms with Gasteiger partial charge in [0, 0.05) is 17.4 Å². The Labute approximate surface area is 156 Å². The number of aromatic hydroxyl groups is 1. The molecule has 4 rings (SSSR count). The van der Waals surface area contributed by atoms with Crippen LogP contribution < -0.4 is 10.1 Å². The molecular formula is C21H20N4O2. The molecule has 0 aliphatic heterocycles. The lowest BCUT2D eigenvalue weighted by Gasteiger charge is -2.11. The number of rotatable bonds is 5. The molecule has 6 nitrogen and oxygen atoms in total. The molecule has 6 heteroatoms. The van der Waals surface area contributed by atoms with Gasteiger partial charge in [0.1, 0.15) is 11.3 Å². The Morgan fingerprint density at radius 2 is 1.96 bits per heavy atom. The van der Waals surface area contributed by atoms with Crippen molar-refractivity contribution in [1.82, 2.24) is 15.0 Å². The van der Waals surface area contributed by atoms with Gasteiger partial charge in [-0.2, -0.15) is 0 Å². The van der Waals surface area contributed by atoms with Crippen molar-refractivity contribution in [3.63, 3.8) is 0 Å². The fraction of sp³-hybridized carbons (Fsp3) is 0.143. The van der Waals surface area contributed by atoms with E-state index in [-0.39, 0.29) is 5.75 Å². The number of ether oxygens (including phenoxy) is 1. The number of hydrogen-bond donors (Lipinski definition) is 3. The number of phenols is 1. The first-order chi connectivity index (χ1) is 13.2. The normalized spacial score (nSPS) is 10.9. The van der Waals surface area contributed by atoms with E-state index in [0.29, 0.717) is 17.2 Å². The number of benzene rings is 2. The highest BCUT2D eigenvalue weighted by Gasteiger charge is 2.12. The Bertz CT molecular complexity index is 1100. The molecule has 0 fully saturated rings. The SMILES string of the molecule is CCc1ccccc1Nc1ccnc2nc(-c3ccc(O)c(OC)c3)[nH]c12. The van der Waals surface area contributed by atoms with Gasteiger partial charge in [0.05, 0.1) is 12.8 Å². The third-order valence-corrected chi connectivity index (χ3v) is 4.51. The van der Waals surface area contributed by atoms with Gasteiger partial charge in [-0.1, -0.05) is 25.1 Å². The number of aromatic nitrogens is 3. The molecule has 4 aromatic rings. The van der Waals surface area contributed by atoms with Gasteiger partial charge in [-0.3, -0.25) is 0 Å². The van der Waals surface area contributed by atoms with E-state index >= 15 is 0 Å². The van der Waals surface area contributed by atoms with Crippen molar-refractivity contribution in [2.45, 2.75) is 13.3 Å². The standard InChI is InChI=1S/C21H20N4O2/c1-3-13-6-4-5-7-15(13)23-16-10-11-22-21-19(16)24-20(25-21)14-8-9-17(26)18(12-14)27-2/h4-12,26H,3H2,1-2H3,(H2,22,23,24,25). The number of hydrogen-bond acceptors (Lipinski definition) is 5. The van der Waals surface area contributed by atoms with E-state index in [1.54, 1.807) is 24.4 Å². The van der Waals surface area contributed by atoms with Crippen LogP contribution in [0.15, 0.2) is 54.7 Å². The third kappa shape index (κ3) is 3.17. The highest BCUT2D eigenvalue weighted by atomic mass is 16.5. The van der Waals surface area contributed by atoms with Gasteiger partial charge in [0.25, 0.3) is 0 Å². The third-order valence-electron chi connectivity index (χ3n) is 4.51. The first-order valence-electron chi connectivity index (χ1n) is 8.76. The summed E-state index contributed by atoms with van der Waals surface area (Å²) >= 11 is 0. The lowest BCUT2D eigenvalue weighted by atomic mass is 10.1. The highest BCUT2D eigenvalue weighted by Crippen LogP contribution is 2.32. The fourth-order valence-electron chi connectivity index (χ4n) is 3.07. The Kier molecular flexibility index (Phi) is 4.38. The molecule has 0 atom stereocenters. The van der Waals surface area contributed by atoms with Crippen molar-refractivity contribution in [3.8, 4) is 22.9 Å². The van der Waals surface area contributed by atoms with E-state index in [2.05, 4.69) is 39.3 Å². The molecule has 3 N–H and O–H groups in total. The maximum absolute atomic E-state index is 9.80. The fourth-order valence-corrected chi connectivity index (χ4v) is 3.07. The summed E-state index contributed by atoms with van der Waals surface area (Å²) in [6.45, 7) is 2.13. The molecule has 0 saturated heterocycles. The lowest BCUT2D eigenvalue weighted by molar-refractivity contribution is 0.373. The number of nitrogens with zero attached hydrogens (tertiary/aromatic N) is 2. The Morgan fingerprint density at radius 3 is 2.78 bits per heavy atom. The second-order valence-electron chi connectivity index (χ2n) is 6.16. The number of fused-ring (bicyclic) bond motifs is 1. The number of imidazole rings is 1. The number of methoxy groups -OCH3 is 1. The van der Waals surface area contributed by atoms with Crippen LogP contribution in [0.3, 0.4) is 0 Å². The summed E-state index contributed by atoms with van der Waals surface area (Å²) in [7, 11) is 1.52. The zero-order chi connectivity index (χ0) is 18.8. The lowest BCUT2D eigenvalue weighted by Crippen LogP contribution is -1.96. The summed E-state index contributed by atoms with van der Waals surface area (Å²) < 4.78 is 5.19. The molecule has 2 aromatic carbocycles. The molecule has 136 valence electrons. The van der Waals surface area contributed by atoms with Crippen molar-refractivity contribution in [2.24, 2.45) is 0 Å². The molecule has 0 unspecified atom stereocenters. The Balaban J connectivity index is 1.76. The Hall–Kier alpha value is -3.54. The maximum Gasteiger partial charge on any atom is 0.180 e. The number of aromatic amines is 1. The molecule has 27 heavy (non-hydrogen) atoms. The number of pyridine rings is 1. The number of para-hydroxylation sites is 1. The van der Waals surface area contributed by atoms with Gasteiger partial charge in [-0.25, -0.2) is 9.97 Å². The van der Waals surface area contributed by atoms with Crippen LogP contribution >= 0.6 is 0 Å². The second kappa shape index (κ2) is 6.99. The maximum atomic E-state index is 9.80. The van der Waals surface area contributed by atoms with Gasteiger partial charge in [-0.05, 0) is 42.3 Å². The monoisotopic (exact) mass is 360 g/mol. The van der Waals surface area contributed by atoms with Gasteiger partial charge in [0.2, 0.25) is 0 Å². The van der Waals surface area contributed by atoms with Crippen molar-refractivity contribution in [3.05, 3.63) is 60.3 Å². The molecule has 0 aliphatic carbocycles. The van der Waals surface area contributed by atoms with E-state index < -0.39 is 0 Å². The van der Waals surface area contributed by atoms with Crippen molar-refractivity contribution in [1.29, 1.82) is 0 Å². The van der Waals surface area contributed by atoms with Crippen LogP contribution in [-0.2, 0) is 6.42 Å². The number of H-pyrrole nitrogens is 1. The molecule has 0 aliphatic rings. The van der Waals surface area contributed by atoms with Gasteiger partial charge in [0.15, 0.2) is 17.1 Å². The van der Waals surface area contributed by atoms with Crippen LogP contribution in [0.25, 0.3) is 22.6 Å². The molecule has 0 amide bonds. The number of nitrogens with one attached hydrogen (secondary N) is 2. The molecule has 0 spiro atoms. The quantitative estimate of drug-likeness (QED) is 0.483. The predicted molar refractivity (Wildman–Crippen MR) is 107 cm³/mol. The predicted octanol–water partition coefficient (Wildman–Crippen LogP) is 4.65. The van der Waals surface area contributed by atoms with E-state index in [0.717, 1.165) is 28.9 Å². The van der Waals surface area contributed by atoms with E-state index in [9.17, 15) is 5.11 Å².